The van der Waals surface area contributed by atoms with Gasteiger partial charge < -0.3 is 4.42 Å². The van der Waals surface area contributed by atoms with Gasteiger partial charge in [-0.2, -0.15) is 0 Å². The number of allylic oxidation sites excluding steroid dienone is 1. The molecule has 0 aliphatic rings. The van der Waals surface area contributed by atoms with Gasteiger partial charge in [-0.05, 0) is 30.2 Å². The highest BCUT2D eigenvalue weighted by Gasteiger charge is 2.14. The van der Waals surface area contributed by atoms with Gasteiger partial charge in [-0.3, -0.25) is 15.1 Å². The third kappa shape index (κ3) is 3.54. The van der Waals surface area contributed by atoms with Gasteiger partial charge in [0.25, 0.3) is 0 Å². The Morgan fingerprint density at radius 2 is 2.25 bits per heavy atom. The Kier molecular flexibility index (Phi) is 4.30. The summed E-state index contributed by atoms with van der Waals surface area (Å²) in [7, 11) is 0. The van der Waals surface area contributed by atoms with Crippen LogP contribution in [-0.2, 0) is 0 Å². The third-order valence-electron chi connectivity index (χ3n) is 2.73. The molecule has 0 radical (unpaired) electrons. The van der Waals surface area contributed by atoms with Crippen LogP contribution in [0.1, 0.15) is 26.0 Å². The molecule has 0 fully saturated rings. The first-order valence-electron chi connectivity index (χ1n) is 6.41. The van der Waals surface area contributed by atoms with E-state index >= 15 is 0 Å². The van der Waals surface area contributed by atoms with Gasteiger partial charge in [-0.15, -0.1) is 0 Å². The molecular formula is C15H16N2O3. The van der Waals surface area contributed by atoms with Crippen LogP contribution < -0.4 is 0 Å². The monoisotopic (exact) mass is 272 g/mol. The van der Waals surface area contributed by atoms with Crippen molar-refractivity contribution in [1.82, 2.24) is 4.98 Å². The molecule has 20 heavy (non-hydrogen) atoms. The van der Waals surface area contributed by atoms with Crippen LogP contribution in [0.3, 0.4) is 0 Å². The number of hydrogen-bond donors (Lipinski definition) is 0. The molecule has 5 nitrogen and oxygen atoms in total. The SMILES string of the molecule is CC(C)CC(=Cc1ccc(-c2cccnc2)o1)[N+](=O)[O-]. The largest absolute Gasteiger partial charge is 0.456 e. The Morgan fingerprint density at radius 3 is 2.85 bits per heavy atom. The van der Waals surface area contributed by atoms with E-state index in [0.29, 0.717) is 17.9 Å². The fourth-order valence-electron chi connectivity index (χ4n) is 1.86. The lowest BCUT2D eigenvalue weighted by molar-refractivity contribution is -0.427. The van der Waals surface area contributed by atoms with Crippen molar-refractivity contribution in [3.63, 3.8) is 0 Å². The molecule has 2 aromatic heterocycles. The second kappa shape index (κ2) is 6.14. The predicted octanol–water partition coefficient (Wildman–Crippen LogP) is 4.01. The summed E-state index contributed by atoms with van der Waals surface area (Å²) in [6.07, 6.45) is 5.27. The summed E-state index contributed by atoms with van der Waals surface area (Å²) in [4.78, 5) is 14.7. The van der Waals surface area contributed by atoms with Gasteiger partial charge in [0, 0.05) is 24.4 Å². The summed E-state index contributed by atoms with van der Waals surface area (Å²) in [5, 5.41) is 11.0. The zero-order valence-corrected chi connectivity index (χ0v) is 11.4. The second-order valence-corrected chi connectivity index (χ2v) is 4.93. The van der Waals surface area contributed by atoms with Crippen LogP contribution in [0.25, 0.3) is 17.4 Å². The van der Waals surface area contributed by atoms with E-state index in [4.69, 9.17) is 4.42 Å². The van der Waals surface area contributed by atoms with E-state index in [-0.39, 0.29) is 16.5 Å². The van der Waals surface area contributed by atoms with Crippen LogP contribution in [0.5, 0.6) is 0 Å². The number of aromatic nitrogens is 1. The van der Waals surface area contributed by atoms with E-state index in [1.807, 2.05) is 26.0 Å². The normalized spacial score (nSPS) is 11.8. The predicted molar refractivity (Wildman–Crippen MR) is 76.4 cm³/mol. The average molecular weight is 272 g/mol. The smallest absolute Gasteiger partial charge is 0.250 e. The molecule has 2 aromatic rings. The molecular weight excluding hydrogens is 256 g/mol. The zero-order chi connectivity index (χ0) is 14.5. The van der Waals surface area contributed by atoms with Gasteiger partial charge >= 0.3 is 0 Å². The second-order valence-electron chi connectivity index (χ2n) is 4.93. The molecule has 0 aliphatic carbocycles. The van der Waals surface area contributed by atoms with E-state index in [1.165, 1.54) is 6.08 Å². The van der Waals surface area contributed by atoms with Crippen LogP contribution in [0, 0.1) is 16.0 Å². The number of hydrogen-bond acceptors (Lipinski definition) is 4. The first-order chi connectivity index (χ1) is 9.56. The molecule has 0 atom stereocenters. The maximum absolute atomic E-state index is 11.0. The summed E-state index contributed by atoms with van der Waals surface area (Å²) in [5.74, 6) is 1.35. The van der Waals surface area contributed by atoms with Crippen molar-refractivity contribution in [3.05, 3.63) is 58.2 Å². The van der Waals surface area contributed by atoms with Gasteiger partial charge in [-0.25, -0.2) is 0 Å². The van der Waals surface area contributed by atoms with Gasteiger partial charge in [0.2, 0.25) is 5.70 Å². The molecule has 0 amide bonds. The van der Waals surface area contributed by atoms with Crippen molar-refractivity contribution in [2.45, 2.75) is 20.3 Å². The van der Waals surface area contributed by atoms with Crippen LogP contribution in [0.4, 0.5) is 0 Å². The van der Waals surface area contributed by atoms with Crippen molar-refractivity contribution >= 4 is 6.08 Å². The van der Waals surface area contributed by atoms with E-state index < -0.39 is 0 Å². The summed E-state index contributed by atoms with van der Waals surface area (Å²) < 4.78 is 5.61. The van der Waals surface area contributed by atoms with Crippen LogP contribution in [0.2, 0.25) is 0 Å². The van der Waals surface area contributed by atoms with Crippen molar-refractivity contribution in [3.8, 4) is 11.3 Å². The summed E-state index contributed by atoms with van der Waals surface area (Å²) >= 11 is 0. The van der Waals surface area contributed by atoms with Crippen molar-refractivity contribution < 1.29 is 9.34 Å². The van der Waals surface area contributed by atoms with Crippen LogP contribution >= 0.6 is 0 Å². The van der Waals surface area contributed by atoms with Crippen molar-refractivity contribution in [2.24, 2.45) is 5.92 Å². The Balaban J connectivity index is 2.26. The van der Waals surface area contributed by atoms with Gasteiger partial charge in [0.1, 0.15) is 11.5 Å². The fraction of sp³-hybridized carbons (Fsp3) is 0.267. The number of rotatable bonds is 5. The lowest BCUT2D eigenvalue weighted by atomic mass is 10.1. The number of nitrogens with zero attached hydrogens (tertiary/aromatic N) is 2. The topological polar surface area (TPSA) is 69.2 Å². The molecule has 2 rings (SSSR count). The number of pyridine rings is 1. The minimum absolute atomic E-state index is 0.159. The first-order valence-corrected chi connectivity index (χ1v) is 6.41. The third-order valence-corrected chi connectivity index (χ3v) is 2.73. The maximum atomic E-state index is 11.0. The van der Waals surface area contributed by atoms with E-state index in [1.54, 1.807) is 24.5 Å². The number of furan rings is 1. The first kappa shape index (κ1) is 14.0. The Labute approximate surface area is 117 Å². The fourth-order valence-corrected chi connectivity index (χ4v) is 1.86. The molecule has 0 saturated carbocycles. The standard InChI is InChI=1S/C15H16N2O3/c1-11(2)8-13(17(18)19)9-14-5-6-15(20-14)12-4-3-7-16-10-12/h3-7,9-11H,8H2,1-2H3. The van der Waals surface area contributed by atoms with Gasteiger partial charge in [-0.1, -0.05) is 13.8 Å². The van der Waals surface area contributed by atoms with Crippen LogP contribution in [0.15, 0.2) is 46.8 Å². The summed E-state index contributed by atoms with van der Waals surface area (Å²) in [6, 6.07) is 7.21. The van der Waals surface area contributed by atoms with Gasteiger partial charge in [0.05, 0.1) is 11.0 Å². The van der Waals surface area contributed by atoms with Crippen molar-refractivity contribution in [2.75, 3.05) is 0 Å². The zero-order valence-electron chi connectivity index (χ0n) is 11.4. The molecule has 5 heteroatoms. The van der Waals surface area contributed by atoms with Crippen molar-refractivity contribution in [1.29, 1.82) is 0 Å². The minimum Gasteiger partial charge on any atom is -0.456 e. The quantitative estimate of drug-likeness (QED) is 0.609. The molecule has 0 unspecified atom stereocenters. The highest BCUT2D eigenvalue weighted by molar-refractivity contribution is 5.58. The molecule has 0 aliphatic heterocycles. The lowest BCUT2D eigenvalue weighted by Gasteiger charge is -2.01. The lowest BCUT2D eigenvalue weighted by Crippen LogP contribution is -2.02. The summed E-state index contributed by atoms with van der Waals surface area (Å²) in [6.45, 7) is 3.89. The maximum Gasteiger partial charge on any atom is 0.250 e. The molecule has 2 heterocycles. The molecule has 0 spiro atoms. The van der Waals surface area contributed by atoms with E-state index in [2.05, 4.69) is 4.98 Å². The Morgan fingerprint density at radius 1 is 1.45 bits per heavy atom. The molecule has 104 valence electrons. The molecule has 0 bridgehead atoms. The number of nitro groups is 1. The Hall–Kier alpha value is -2.43. The molecule has 0 aromatic carbocycles. The van der Waals surface area contributed by atoms with Gasteiger partial charge in [0.15, 0.2) is 0 Å². The average Bonchev–Trinajstić information content (AvgIpc) is 2.87. The highest BCUT2D eigenvalue weighted by atomic mass is 16.6. The van der Waals surface area contributed by atoms with E-state index in [0.717, 1.165) is 5.56 Å². The minimum atomic E-state index is -0.355. The van der Waals surface area contributed by atoms with Crippen LogP contribution in [-0.4, -0.2) is 9.91 Å². The van der Waals surface area contributed by atoms with E-state index in [9.17, 15) is 10.1 Å². The Bertz CT molecular complexity index is 615. The highest BCUT2D eigenvalue weighted by Crippen LogP contribution is 2.23. The summed E-state index contributed by atoms with van der Waals surface area (Å²) in [5.41, 5.74) is 1.01. The molecule has 0 N–H and O–H groups in total. The molecule has 0 saturated heterocycles.